The molecule has 0 aliphatic heterocycles. The molecule has 3 aromatic carbocycles. The van der Waals surface area contributed by atoms with Gasteiger partial charge in [0.25, 0.3) is 0 Å². The molecule has 0 amide bonds. The van der Waals surface area contributed by atoms with Crippen LogP contribution in [-0.2, 0) is 21.7 Å². The molecule has 0 N–H and O–H groups in total. The van der Waals surface area contributed by atoms with E-state index >= 15 is 0 Å². The predicted molar refractivity (Wildman–Crippen MR) is 196 cm³/mol. The van der Waals surface area contributed by atoms with Gasteiger partial charge in [0.05, 0.1) is 0 Å². The zero-order valence-electron chi connectivity index (χ0n) is 27.7. The Hall–Kier alpha value is -3.38. The van der Waals surface area contributed by atoms with Gasteiger partial charge in [-0.15, -0.1) is 0 Å². The van der Waals surface area contributed by atoms with E-state index in [1.54, 1.807) is 22.3 Å². The average molecular weight is 603 g/mol. The summed E-state index contributed by atoms with van der Waals surface area (Å²) < 4.78 is 0. The molecule has 0 heteroatoms. The molecule has 8 fully saturated rings. The van der Waals surface area contributed by atoms with Gasteiger partial charge in [0, 0.05) is 0 Å². The monoisotopic (exact) mass is 602 g/mol. The van der Waals surface area contributed by atoms with Gasteiger partial charge in [-0.2, -0.15) is 0 Å². The molecule has 8 bridgehead atoms. The predicted octanol–water partition coefficient (Wildman–Crippen LogP) is 11.8. The Bertz CT molecular complexity index is 1620. The van der Waals surface area contributed by atoms with Crippen LogP contribution in [-0.4, -0.2) is 0 Å². The van der Waals surface area contributed by atoms with E-state index in [1.165, 1.54) is 99.3 Å². The first-order chi connectivity index (χ1) is 22.3. The van der Waals surface area contributed by atoms with Gasteiger partial charge in [0.15, 0.2) is 0 Å². The molecule has 0 saturated heterocycles. The third-order valence-corrected chi connectivity index (χ3v) is 14.4. The number of hydrogen-bond acceptors (Lipinski definition) is 0. The Balaban J connectivity index is 1.11. The summed E-state index contributed by atoms with van der Waals surface area (Å²) in [6.45, 7) is 16.6. The van der Waals surface area contributed by atoms with Crippen LogP contribution in [0.3, 0.4) is 0 Å². The third-order valence-electron chi connectivity index (χ3n) is 14.4. The second kappa shape index (κ2) is 10.1. The standard InChI is InChI=1S/C46H50/c1-5-31-12-14-41(37(7-3)18-31)45-25-33-16-34(26-45)22-43(21-33,29-45)39-10-9-11-40(20-39)44-23-35-17-36(24-44)28-46(27-35,30-44)42-15-13-32(6-2)19-38(42)8-4/h5-15,18-20,33-36H,1-4,16-17,21-30H2. The maximum Gasteiger partial charge on any atom is -0.00273 e. The van der Waals surface area contributed by atoms with Crippen molar-refractivity contribution in [2.45, 2.75) is 98.7 Å². The zero-order valence-corrected chi connectivity index (χ0v) is 27.7. The second-order valence-corrected chi connectivity index (χ2v) is 17.1. The molecule has 4 unspecified atom stereocenters. The van der Waals surface area contributed by atoms with Gasteiger partial charge in [-0.3, -0.25) is 0 Å². The minimum atomic E-state index is 0.271. The smallest absolute Gasteiger partial charge is 0.00273 e. The normalized spacial score (nSPS) is 38.1. The first-order valence-electron chi connectivity index (χ1n) is 18.2. The van der Waals surface area contributed by atoms with Crippen LogP contribution in [0.15, 0.2) is 87.0 Å². The lowest BCUT2D eigenvalue weighted by Gasteiger charge is -2.64. The second-order valence-electron chi connectivity index (χ2n) is 17.1. The SMILES string of the molecule is C=Cc1ccc(C23CC4CC(CC(c5cccc(C67CC8CC(C6)CC(c6ccc(C=C)cc6C=C)(C8)C7)c5)(C4)C2)C3)c(C=C)c1. The van der Waals surface area contributed by atoms with Gasteiger partial charge in [-0.05, 0) is 179 Å². The van der Waals surface area contributed by atoms with E-state index in [2.05, 4.69) is 99.1 Å². The summed E-state index contributed by atoms with van der Waals surface area (Å²) in [5, 5.41) is 0. The Morgan fingerprint density at radius 2 is 0.848 bits per heavy atom. The fourth-order valence-electron chi connectivity index (χ4n) is 13.7. The van der Waals surface area contributed by atoms with Crippen molar-refractivity contribution in [1.82, 2.24) is 0 Å². The molecule has 0 nitrogen and oxygen atoms in total. The van der Waals surface area contributed by atoms with Crippen molar-refractivity contribution < 1.29 is 0 Å². The molecule has 0 spiro atoms. The van der Waals surface area contributed by atoms with Crippen LogP contribution in [0, 0.1) is 23.7 Å². The molecule has 8 saturated carbocycles. The Morgan fingerprint density at radius 1 is 0.457 bits per heavy atom. The summed E-state index contributed by atoms with van der Waals surface area (Å²) in [5.41, 5.74) is 12.7. The molecule has 0 aromatic heterocycles. The quantitative estimate of drug-likeness (QED) is 0.241. The molecule has 8 aliphatic carbocycles. The third kappa shape index (κ3) is 4.11. The minimum Gasteiger partial charge on any atom is -0.0985 e. The summed E-state index contributed by atoms with van der Waals surface area (Å²) in [4.78, 5) is 0. The topological polar surface area (TPSA) is 0 Å². The molecule has 8 aliphatic rings. The van der Waals surface area contributed by atoms with Crippen molar-refractivity contribution in [1.29, 1.82) is 0 Å². The van der Waals surface area contributed by atoms with Crippen molar-refractivity contribution in [2.24, 2.45) is 23.7 Å². The van der Waals surface area contributed by atoms with Gasteiger partial charge in [0.2, 0.25) is 0 Å². The number of hydrogen-bond donors (Lipinski definition) is 0. The van der Waals surface area contributed by atoms with E-state index in [9.17, 15) is 0 Å². The van der Waals surface area contributed by atoms with Crippen LogP contribution in [0.4, 0.5) is 0 Å². The summed E-state index contributed by atoms with van der Waals surface area (Å²) in [6.07, 6.45) is 24.6. The van der Waals surface area contributed by atoms with Crippen LogP contribution >= 0.6 is 0 Å². The highest BCUT2D eigenvalue weighted by Crippen LogP contribution is 2.69. The number of benzene rings is 3. The zero-order chi connectivity index (χ0) is 31.3. The lowest BCUT2D eigenvalue weighted by Crippen LogP contribution is -2.57. The van der Waals surface area contributed by atoms with Gasteiger partial charge in [-0.1, -0.05) is 99.2 Å². The van der Waals surface area contributed by atoms with E-state index in [1.807, 2.05) is 12.2 Å². The van der Waals surface area contributed by atoms with E-state index in [0.717, 1.165) is 23.7 Å². The van der Waals surface area contributed by atoms with Crippen LogP contribution in [0.5, 0.6) is 0 Å². The lowest BCUT2D eigenvalue weighted by molar-refractivity contribution is -0.0310. The summed E-state index contributed by atoms with van der Waals surface area (Å²) in [5.74, 6) is 3.33. The maximum atomic E-state index is 4.27. The van der Waals surface area contributed by atoms with Gasteiger partial charge >= 0.3 is 0 Å². The molecular formula is C46H50. The fraction of sp³-hybridized carbons (Fsp3) is 0.435. The molecule has 3 aromatic rings. The van der Waals surface area contributed by atoms with Gasteiger partial charge in [-0.25, -0.2) is 0 Å². The van der Waals surface area contributed by atoms with Crippen molar-refractivity contribution in [3.8, 4) is 0 Å². The highest BCUT2D eigenvalue weighted by atomic mass is 14.6. The fourth-order valence-corrected chi connectivity index (χ4v) is 13.7. The molecule has 0 heterocycles. The van der Waals surface area contributed by atoms with E-state index in [-0.39, 0.29) is 10.8 Å². The van der Waals surface area contributed by atoms with E-state index in [0.29, 0.717) is 10.8 Å². The molecule has 4 atom stereocenters. The number of rotatable bonds is 8. The Labute approximate surface area is 277 Å². The van der Waals surface area contributed by atoms with Crippen LogP contribution in [0.25, 0.3) is 24.3 Å². The first kappa shape index (κ1) is 28.8. The molecular weight excluding hydrogens is 553 g/mol. The summed E-state index contributed by atoms with van der Waals surface area (Å²) in [6, 6.07) is 24.5. The Morgan fingerprint density at radius 3 is 1.22 bits per heavy atom. The van der Waals surface area contributed by atoms with E-state index < -0.39 is 0 Å². The molecule has 234 valence electrons. The maximum absolute atomic E-state index is 4.27. The van der Waals surface area contributed by atoms with Gasteiger partial charge in [0.1, 0.15) is 0 Å². The highest BCUT2D eigenvalue weighted by Gasteiger charge is 2.61. The van der Waals surface area contributed by atoms with Crippen LogP contribution in [0.2, 0.25) is 0 Å². The van der Waals surface area contributed by atoms with Crippen LogP contribution in [0.1, 0.15) is 122 Å². The molecule has 0 radical (unpaired) electrons. The van der Waals surface area contributed by atoms with E-state index in [4.69, 9.17) is 0 Å². The molecule has 11 rings (SSSR count). The largest absolute Gasteiger partial charge is 0.0985 e. The lowest BCUT2D eigenvalue weighted by atomic mass is 9.40. The van der Waals surface area contributed by atoms with Crippen molar-refractivity contribution in [3.05, 3.63) is 131 Å². The summed E-state index contributed by atoms with van der Waals surface area (Å²) in [7, 11) is 0. The summed E-state index contributed by atoms with van der Waals surface area (Å²) >= 11 is 0. The first-order valence-corrected chi connectivity index (χ1v) is 18.2. The van der Waals surface area contributed by atoms with Crippen molar-refractivity contribution >= 4 is 24.3 Å². The minimum absolute atomic E-state index is 0.271. The van der Waals surface area contributed by atoms with Gasteiger partial charge < -0.3 is 0 Å². The van der Waals surface area contributed by atoms with Crippen LogP contribution < -0.4 is 0 Å². The van der Waals surface area contributed by atoms with Crippen molar-refractivity contribution in [2.75, 3.05) is 0 Å². The molecule has 46 heavy (non-hydrogen) atoms. The highest BCUT2D eigenvalue weighted by molar-refractivity contribution is 5.63. The van der Waals surface area contributed by atoms with Crippen molar-refractivity contribution in [3.63, 3.8) is 0 Å². The Kier molecular flexibility index (Phi) is 6.30. The average Bonchev–Trinajstić information content (AvgIpc) is 3.06.